The largest absolute Gasteiger partial charge is 0.490 e. The van der Waals surface area contributed by atoms with E-state index in [0.717, 1.165) is 36.7 Å². The van der Waals surface area contributed by atoms with Crippen LogP contribution in [0, 0.1) is 6.92 Å². The first kappa shape index (κ1) is 10.9. The van der Waals surface area contributed by atoms with Gasteiger partial charge in [-0.1, -0.05) is 26.0 Å². The lowest BCUT2D eigenvalue weighted by atomic mass is 10.2. The van der Waals surface area contributed by atoms with E-state index in [1.807, 2.05) is 39.0 Å². The predicted octanol–water partition coefficient (Wildman–Crippen LogP) is 3.18. The quantitative estimate of drug-likeness (QED) is 0.631. The summed E-state index contributed by atoms with van der Waals surface area (Å²) in [6.45, 7) is 7.56. The van der Waals surface area contributed by atoms with Crippen LogP contribution in [0.3, 0.4) is 0 Å². The zero-order valence-corrected chi connectivity index (χ0v) is 9.17. The van der Waals surface area contributed by atoms with Crippen LogP contribution in [0.5, 0.6) is 11.5 Å². The number of para-hydroxylation sites is 1. The lowest BCUT2D eigenvalue weighted by molar-refractivity contribution is 0.296. The Morgan fingerprint density at radius 1 is 1.07 bits per heavy atom. The van der Waals surface area contributed by atoms with Gasteiger partial charge in [-0.3, -0.25) is 0 Å². The summed E-state index contributed by atoms with van der Waals surface area (Å²) in [5, 5.41) is 0. The van der Waals surface area contributed by atoms with Crippen molar-refractivity contribution < 1.29 is 9.47 Å². The molecule has 1 aliphatic heterocycles. The van der Waals surface area contributed by atoms with E-state index in [1.54, 1.807) is 0 Å². The van der Waals surface area contributed by atoms with Gasteiger partial charge in [0.1, 0.15) is 0 Å². The Labute approximate surface area is 85.8 Å². The summed E-state index contributed by atoms with van der Waals surface area (Å²) < 4.78 is 11.1. The lowest BCUT2D eigenvalue weighted by Crippen LogP contribution is -1.97. The van der Waals surface area contributed by atoms with E-state index < -0.39 is 0 Å². The van der Waals surface area contributed by atoms with Crippen molar-refractivity contribution in [2.45, 2.75) is 27.2 Å². The maximum absolute atomic E-state index is 5.55. The van der Waals surface area contributed by atoms with Crippen LogP contribution in [0.1, 0.15) is 25.8 Å². The molecular formula is C12H18O2. The Morgan fingerprint density at radius 2 is 1.79 bits per heavy atom. The van der Waals surface area contributed by atoms with Gasteiger partial charge in [0.2, 0.25) is 0 Å². The van der Waals surface area contributed by atoms with Crippen LogP contribution in [-0.2, 0) is 0 Å². The molecule has 0 unspecified atom stereocenters. The molecule has 0 saturated heterocycles. The molecule has 2 nitrogen and oxygen atoms in total. The number of hydrogen-bond donors (Lipinski definition) is 0. The molecule has 0 bridgehead atoms. The molecule has 1 aromatic carbocycles. The molecule has 0 radical (unpaired) electrons. The van der Waals surface area contributed by atoms with Gasteiger partial charge in [-0.15, -0.1) is 0 Å². The third-order valence-corrected chi connectivity index (χ3v) is 1.97. The van der Waals surface area contributed by atoms with E-state index in [-0.39, 0.29) is 0 Å². The molecule has 1 aliphatic rings. The fraction of sp³-hybridized carbons (Fsp3) is 0.500. The zero-order chi connectivity index (χ0) is 10.4. The molecule has 0 saturated carbocycles. The van der Waals surface area contributed by atoms with Crippen molar-refractivity contribution >= 4 is 0 Å². The first-order chi connectivity index (χ1) is 6.88. The van der Waals surface area contributed by atoms with Crippen molar-refractivity contribution in [3.63, 3.8) is 0 Å². The van der Waals surface area contributed by atoms with Gasteiger partial charge in [0, 0.05) is 6.42 Å². The highest BCUT2D eigenvalue weighted by Gasteiger charge is 2.10. The highest BCUT2D eigenvalue weighted by Crippen LogP contribution is 2.32. The minimum Gasteiger partial charge on any atom is -0.490 e. The monoisotopic (exact) mass is 194 g/mol. The molecule has 1 aromatic rings. The summed E-state index contributed by atoms with van der Waals surface area (Å²) in [6, 6.07) is 5.98. The van der Waals surface area contributed by atoms with Gasteiger partial charge in [-0.25, -0.2) is 0 Å². The van der Waals surface area contributed by atoms with Gasteiger partial charge in [0.05, 0.1) is 13.2 Å². The number of ether oxygens (including phenoxy) is 2. The van der Waals surface area contributed by atoms with Crippen LogP contribution in [0.25, 0.3) is 0 Å². The first-order valence-corrected chi connectivity index (χ1v) is 5.23. The zero-order valence-electron chi connectivity index (χ0n) is 9.17. The van der Waals surface area contributed by atoms with Crippen molar-refractivity contribution in [3.8, 4) is 11.5 Å². The van der Waals surface area contributed by atoms with Gasteiger partial charge in [0.25, 0.3) is 0 Å². The topological polar surface area (TPSA) is 18.5 Å². The standard InChI is InChI=1S/C10H12O2.C2H6/c1-8-4-2-5-9-10(8)12-7-3-6-11-9;1-2/h2,4-5H,3,6-7H2,1H3;1-2H3. The molecule has 0 aliphatic carbocycles. The average molecular weight is 194 g/mol. The molecule has 1 heterocycles. The van der Waals surface area contributed by atoms with Gasteiger partial charge < -0.3 is 9.47 Å². The second-order valence-electron chi connectivity index (χ2n) is 2.95. The van der Waals surface area contributed by atoms with Crippen LogP contribution in [0.2, 0.25) is 0 Å². The molecule has 0 N–H and O–H groups in total. The van der Waals surface area contributed by atoms with Gasteiger partial charge >= 0.3 is 0 Å². The third-order valence-electron chi connectivity index (χ3n) is 1.97. The maximum atomic E-state index is 5.55. The number of benzene rings is 1. The molecule has 2 heteroatoms. The Kier molecular flexibility index (Phi) is 4.30. The molecule has 0 aromatic heterocycles. The van der Waals surface area contributed by atoms with Crippen molar-refractivity contribution in [1.29, 1.82) is 0 Å². The van der Waals surface area contributed by atoms with Crippen LogP contribution in [-0.4, -0.2) is 13.2 Å². The second kappa shape index (κ2) is 5.53. The van der Waals surface area contributed by atoms with Crippen molar-refractivity contribution in [1.82, 2.24) is 0 Å². The molecule has 0 spiro atoms. The number of fused-ring (bicyclic) bond motifs is 1. The van der Waals surface area contributed by atoms with E-state index in [4.69, 9.17) is 9.47 Å². The highest BCUT2D eigenvalue weighted by atomic mass is 16.5. The lowest BCUT2D eigenvalue weighted by Gasteiger charge is -2.08. The minimum absolute atomic E-state index is 0.760. The second-order valence-corrected chi connectivity index (χ2v) is 2.95. The van der Waals surface area contributed by atoms with Gasteiger partial charge in [0.15, 0.2) is 11.5 Å². The third kappa shape index (κ3) is 2.41. The van der Waals surface area contributed by atoms with E-state index in [1.165, 1.54) is 0 Å². The highest BCUT2D eigenvalue weighted by molar-refractivity contribution is 5.46. The van der Waals surface area contributed by atoms with Crippen LogP contribution in [0.4, 0.5) is 0 Å². The summed E-state index contributed by atoms with van der Waals surface area (Å²) >= 11 is 0. The maximum Gasteiger partial charge on any atom is 0.164 e. The van der Waals surface area contributed by atoms with E-state index in [2.05, 4.69) is 0 Å². The Bertz CT molecular complexity index is 282. The van der Waals surface area contributed by atoms with Crippen molar-refractivity contribution in [2.24, 2.45) is 0 Å². The Hall–Kier alpha value is -1.18. The fourth-order valence-corrected chi connectivity index (χ4v) is 1.34. The summed E-state index contributed by atoms with van der Waals surface area (Å²) in [4.78, 5) is 0. The summed E-state index contributed by atoms with van der Waals surface area (Å²) in [5.74, 6) is 1.79. The smallest absolute Gasteiger partial charge is 0.164 e. The average Bonchev–Trinajstić information content (AvgIpc) is 2.47. The van der Waals surface area contributed by atoms with Crippen LogP contribution >= 0.6 is 0 Å². The van der Waals surface area contributed by atoms with Crippen molar-refractivity contribution in [3.05, 3.63) is 23.8 Å². The number of rotatable bonds is 0. The number of hydrogen-bond acceptors (Lipinski definition) is 2. The fourth-order valence-electron chi connectivity index (χ4n) is 1.34. The summed E-state index contributed by atoms with van der Waals surface area (Å²) in [7, 11) is 0. The van der Waals surface area contributed by atoms with E-state index >= 15 is 0 Å². The molecule has 0 amide bonds. The minimum atomic E-state index is 0.760. The molecular weight excluding hydrogens is 176 g/mol. The normalized spacial score (nSPS) is 13.6. The van der Waals surface area contributed by atoms with Gasteiger partial charge in [-0.05, 0) is 18.6 Å². The Balaban J connectivity index is 0.000000461. The van der Waals surface area contributed by atoms with E-state index in [0.29, 0.717) is 0 Å². The molecule has 0 atom stereocenters. The predicted molar refractivity (Wildman–Crippen MR) is 58.1 cm³/mol. The molecule has 0 fully saturated rings. The van der Waals surface area contributed by atoms with Crippen LogP contribution < -0.4 is 9.47 Å². The molecule has 14 heavy (non-hydrogen) atoms. The molecule has 2 rings (SSSR count). The summed E-state index contributed by atoms with van der Waals surface area (Å²) in [5.41, 5.74) is 1.15. The van der Waals surface area contributed by atoms with Gasteiger partial charge in [-0.2, -0.15) is 0 Å². The SMILES string of the molecule is CC.Cc1cccc2c1OCCCO2. The van der Waals surface area contributed by atoms with Crippen molar-refractivity contribution in [2.75, 3.05) is 13.2 Å². The van der Waals surface area contributed by atoms with Crippen LogP contribution in [0.15, 0.2) is 18.2 Å². The first-order valence-electron chi connectivity index (χ1n) is 5.23. The summed E-state index contributed by atoms with van der Waals surface area (Å²) in [6.07, 6.45) is 0.966. The molecule has 78 valence electrons. The Morgan fingerprint density at radius 3 is 2.57 bits per heavy atom. The number of aryl methyl sites for hydroxylation is 1. The van der Waals surface area contributed by atoms with E-state index in [9.17, 15) is 0 Å².